The summed E-state index contributed by atoms with van der Waals surface area (Å²) in [5.74, 6) is -0.461. The first kappa shape index (κ1) is 18.1. The van der Waals surface area contributed by atoms with Crippen LogP contribution in [0.15, 0.2) is 12.2 Å². The summed E-state index contributed by atoms with van der Waals surface area (Å²) in [4.78, 5) is 11.6. The van der Waals surface area contributed by atoms with Crippen molar-refractivity contribution in [3.05, 3.63) is 12.2 Å². The lowest BCUT2D eigenvalue weighted by atomic mass is 10.4. The Kier molecular flexibility index (Phi) is 7.87. The Hall–Kier alpha value is -0.960. The maximum atomic E-state index is 12.0. The Morgan fingerprint density at radius 2 is 2.05 bits per heavy atom. The normalized spacial score (nSPS) is 16.6. The van der Waals surface area contributed by atoms with E-state index in [0.717, 1.165) is 5.57 Å². The molecule has 0 bridgehead atoms. The minimum atomic E-state index is -3.38. The molecule has 7 nitrogen and oxygen atoms in total. The average Bonchev–Trinajstić information content (AvgIpc) is 2.45. The quantitative estimate of drug-likeness (QED) is 0.468. The molecule has 1 aliphatic heterocycles. The molecule has 1 amide bonds. The minimum absolute atomic E-state index is 0.0415. The molecular weight excluding hydrogens is 296 g/mol. The van der Waals surface area contributed by atoms with Crippen LogP contribution < -0.4 is 5.32 Å². The second-order valence-electron chi connectivity index (χ2n) is 4.94. The number of hydrogen-bond donors (Lipinski definition) is 1. The van der Waals surface area contributed by atoms with E-state index in [9.17, 15) is 13.2 Å². The van der Waals surface area contributed by atoms with Crippen LogP contribution in [0.2, 0.25) is 0 Å². The van der Waals surface area contributed by atoms with Crippen molar-refractivity contribution in [2.75, 3.05) is 51.8 Å². The molecule has 1 heterocycles. The third-order valence-corrected chi connectivity index (χ3v) is 4.74. The second kappa shape index (κ2) is 9.14. The van der Waals surface area contributed by atoms with Gasteiger partial charge < -0.3 is 14.8 Å². The number of carbonyl (C=O) groups is 1. The van der Waals surface area contributed by atoms with Crippen molar-refractivity contribution < 1.29 is 22.7 Å². The van der Waals surface area contributed by atoms with Gasteiger partial charge >= 0.3 is 0 Å². The summed E-state index contributed by atoms with van der Waals surface area (Å²) in [6, 6.07) is 0. The predicted molar refractivity (Wildman–Crippen MR) is 79.4 cm³/mol. The summed E-state index contributed by atoms with van der Waals surface area (Å²) in [5, 5.41) is 2.63. The van der Waals surface area contributed by atoms with E-state index in [1.807, 2.05) is 6.92 Å². The summed E-state index contributed by atoms with van der Waals surface area (Å²) >= 11 is 0. The standard InChI is InChI=1S/C13H24N2O5S/c1-12(2)11-20-7-4-14-13(16)3-10-21(17,18)15-5-8-19-9-6-15/h1,3-11H2,2H3,(H,14,16). The second-order valence-corrected chi connectivity index (χ2v) is 7.03. The number of amides is 1. The van der Waals surface area contributed by atoms with Crippen molar-refractivity contribution in [2.24, 2.45) is 0 Å². The van der Waals surface area contributed by atoms with Crippen molar-refractivity contribution in [1.29, 1.82) is 0 Å². The van der Waals surface area contributed by atoms with Gasteiger partial charge in [0.2, 0.25) is 15.9 Å². The highest BCUT2D eigenvalue weighted by Crippen LogP contribution is 2.06. The lowest BCUT2D eigenvalue weighted by Gasteiger charge is -2.25. The molecule has 0 unspecified atom stereocenters. The highest BCUT2D eigenvalue weighted by Gasteiger charge is 2.24. The Labute approximate surface area is 126 Å². The molecule has 0 aromatic heterocycles. The number of nitrogens with zero attached hydrogens (tertiary/aromatic N) is 1. The van der Waals surface area contributed by atoms with Crippen LogP contribution in [-0.2, 0) is 24.3 Å². The Balaban J connectivity index is 2.18. The monoisotopic (exact) mass is 320 g/mol. The number of nitrogens with one attached hydrogen (secondary N) is 1. The van der Waals surface area contributed by atoms with Gasteiger partial charge in [-0.15, -0.1) is 0 Å². The molecule has 0 aromatic carbocycles. The van der Waals surface area contributed by atoms with Gasteiger partial charge in [-0.05, 0) is 6.92 Å². The first-order valence-corrected chi connectivity index (χ1v) is 8.57. The molecule has 1 rings (SSSR count). The van der Waals surface area contributed by atoms with Crippen LogP contribution >= 0.6 is 0 Å². The summed E-state index contributed by atoms with van der Waals surface area (Å²) < 4.78 is 35.7. The first-order chi connectivity index (χ1) is 9.92. The SMILES string of the molecule is C=C(C)COCCNC(=O)CCS(=O)(=O)N1CCOCC1. The number of carbonyl (C=O) groups excluding carboxylic acids is 1. The molecule has 1 fully saturated rings. The minimum Gasteiger partial charge on any atom is -0.379 e. The molecule has 0 spiro atoms. The van der Waals surface area contributed by atoms with Gasteiger partial charge in [0.15, 0.2) is 0 Å². The van der Waals surface area contributed by atoms with Crippen LogP contribution in [0.25, 0.3) is 0 Å². The zero-order valence-electron chi connectivity index (χ0n) is 12.5. The van der Waals surface area contributed by atoms with Gasteiger partial charge in [-0.25, -0.2) is 8.42 Å². The van der Waals surface area contributed by atoms with Gasteiger partial charge in [-0.1, -0.05) is 12.2 Å². The number of rotatable bonds is 9. The maximum absolute atomic E-state index is 12.0. The fraction of sp³-hybridized carbons (Fsp3) is 0.769. The average molecular weight is 320 g/mol. The Morgan fingerprint density at radius 1 is 1.38 bits per heavy atom. The predicted octanol–water partition coefficient (Wildman–Crippen LogP) is -0.253. The van der Waals surface area contributed by atoms with Crippen LogP contribution in [0.3, 0.4) is 0 Å². The first-order valence-electron chi connectivity index (χ1n) is 6.96. The van der Waals surface area contributed by atoms with E-state index in [1.165, 1.54) is 4.31 Å². The van der Waals surface area contributed by atoms with Gasteiger partial charge in [-0.3, -0.25) is 4.79 Å². The van der Waals surface area contributed by atoms with Crippen LogP contribution in [-0.4, -0.2) is 70.4 Å². The molecule has 21 heavy (non-hydrogen) atoms. The smallest absolute Gasteiger partial charge is 0.221 e. The summed E-state index contributed by atoms with van der Waals surface area (Å²) in [6.45, 7) is 8.30. The van der Waals surface area contributed by atoms with Crippen molar-refractivity contribution >= 4 is 15.9 Å². The van der Waals surface area contributed by atoms with E-state index in [-0.39, 0.29) is 18.1 Å². The molecule has 0 saturated carbocycles. The van der Waals surface area contributed by atoms with E-state index in [4.69, 9.17) is 9.47 Å². The zero-order valence-corrected chi connectivity index (χ0v) is 13.3. The van der Waals surface area contributed by atoms with Crippen molar-refractivity contribution in [3.8, 4) is 0 Å². The van der Waals surface area contributed by atoms with Gasteiger partial charge in [0.05, 0.1) is 32.2 Å². The summed E-state index contributed by atoms with van der Waals surface area (Å²) in [7, 11) is -3.38. The van der Waals surface area contributed by atoms with Crippen LogP contribution in [0, 0.1) is 0 Å². The number of ether oxygens (including phenoxy) is 2. The lowest BCUT2D eigenvalue weighted by Crippen LogP contribution is -2.42. The third kappa shape index (κ3) is 7.56. The van der Waals surface area contributed by atoms with Crippen molar-refractivity contribution in [1.82, 2.24) is 9.62 Å². The van der Waals surface area contributed by atoms with E-state index >= 15 is 0 Å². The van der Waals surface area contributed by atoms with E-state index in [0.29, 0.717) is 46.1 Å². The van der Waals surface area contributed by atoms with Crippen LogP contribution in [0.5, 0.6) is 0 Å². The Morgan fingerprint density at radius 3 is 2.67 bits per heavy atom. The van der Waals surface area contributed by atoms with Crippen molar-refractivity contribution in [3.63, 3.8) is 0 Å². The van der Waals surface area contributed by atoms with E-state index in [2.05, 4.69) is 11.9 Å². The molecule has 1 aliphatic rings. The largest absolute Gasteiger partial charge is 0.379 e. The molecule has 0 aromatic rings. The maximum Gasteiger partial charge on any atom is 0.221 e. The third-order valence-electron chi connectivity index (χ3n) is 2.87. The van der Waals surface area contributed by atoms with Gasteiger partial charge in [-0.2, -0.15) is 4.31 Å². The zero-order chi connectivity index (χ0) is 15.7. The highest BCUT2D eigenvalue weighted by atomic mass is 32.2. The van der Waals surface area contributed by atoms with Crippen molar-refractivity contribution in [2.45, 2.75) is 13.3 Å². The molecule has 122 valence electrons. The summed E-state index contributed by atoms with van der Waals surface area (Å²) in [6.07, 6.45) is -0.0415. The lowest BCUT2D eigenvalue weighted by molar-refractivity contribution is -0.120. The van der Waals surface area contributed by atoms with Crippen LogP contribution in [0.1, 0.15) is 13.3 Å². The van der Waals surface area contributed by atoms with Gasteiger partial charge in [0, 0.05) is 26.1 Å². The fourth-order valence-corrected chi connectivity index (χ4v) is 3.18. The van der Waals surface area contributed by atoms with Gasteiger partial charge in [0.1, 0.15) is 0 Å². The number of hydrogen-bond acceptors (Lipinski definition) is 5. The van der Waals surface area contributed by atoms with E-state index < -0.39 is 10.0 Å². The van der Waals surface area contributed by atoms with E-state index in [1.54, 1.807) is 0 Å². The van der Waals surface area contributed by atoms with Crippen LogP contribution in [0.4, 0.5) is 0 Å². The number of morpholine rings is 1. The molecule has 0 aliphatic carbocycles. The topological polar surface area (TPSA) is 84.9 Å². The van der Waals surface area contributed by atoms with Gasteiger partial charge in [0.25, 0.3) is 0 Å². The number of sulfonamides is 1. The molecule has 1 N–H and O–H groups in total. The molecule has 8 heteroatoms. The molecule has 0 radical (unpaired) electrons. The molecule has 1 saturated heterocycles. The summed E-state index contributed by atoms with van der Waals surface area (Å²) in [5.41, 5.74) is 0.915. The fourth-order valence-electron chi connectivity index (χ4n) is 1.77. The molecule has 0 atom stereocenters. The highest BCUT2D eigenvalue weighted by molar-refractivity contribution is 7.89. The Bertz CT molecular complexity index is 443. The molecular formula is C13H24N2O5S.